The first-order valence-electron chi connectivity index (χ1n) is 11.9. The molecule has 1 fully saturated rings. The van der Waals surface area contributed by atoms with Crippen molar-refractivity contribution in [2.24, 2.45) is 5.92 Å². The van der Waals surface area contributed by atoms with Crippen molar-refractivity contribution in [3.63, 3.8) is 0 Å². The van der Waals surface area contributed by atoms with E-state index in [0.717, 1.165) is 17.5 Å². The van der Waals surface area contributed by atoms with Crippen molar-refractivity contribution in [2.45, 2.75) is 38.6 Å². The minimum absolute atomic E-state index is 0.0475. The van der Waals surface area contributed by atoms with Gasteiger partial charge in [-0.3, -0.25) is 14.4 Å². The molecule has 1 heterocycles. The van der Waals surface area contributed by atoms with E-state index < -0.39 is 6.04 Å². The molecule has 0 saturated carbocycles. The summed E-state index contributed by atoms with van der Waals surface area (Å²) in [6.07, 6.45) is 2.51. The van der Waals surface area contributed by atoms with Gasteiger partial charge in [-0.05, 0) is 49.3 Å². The van der Waals surface area contributed by atoms with Gasteiger partial charge in [-0.15, -0.1) is 0 Å². The highest BCUT2D eigenvalue weighted by atomic mass is 16.5. The largest absolute Gasteiger partial charge is 0.383 e. The van der Waals surface area contributed by atoms with E-state index in [1.165, 1.54) is 0 Å². The lowest BCUT2D eigenvalue weighted by atomic mass is 9.88. The number of nitrogens with zero attached hydrogens (tertiary/aromatic N) is 1. The summed E-state index contributed by atoms with van der Waals surface area (Å²) in [5.41, 5.74) is 2.57. The number of hydrogen-bond acceptors (Lipinski definition) is 4. The Bertz CT molecular complexity index is 955. The van der Waals surface area contributed by atoms with Crippen LogP contribution in [-0.4, -0.2) is 62.0 Å². The highest BCUT2D eigenvalue weighted by molar-refractivity contribution is 5.98. The number of methoxy groups -OCH3 is 1. The molecule has 2 aromatic carbocycles. The van der Waals surface area contributed by atoms with Crippen LogP contribution in [0.1, 0.15) is 40.7 Å². The number of hydrogen-bond donors (Lipinski definition) is 2. The molecule has 1 unspecified atom stereocenters. The Hall–Kier alpha value is -3.19. The van der Waals surface area contributed by atoms with Crippen LogP contribution in [0.3, 0.4) is 0 Å². The zero-order valence-electron chi connectivity index (χ0n) is 20.1. The molecule has 1 atom stereocenters. The molecule has 0 bridgehead atoms. The lowest BCUT2D eigenvalue weighted by Gasteiger charge is -2.36. The topological polar surface area (TPSA) is 87.7 Å². The molecule has 3 amide bonds. The van der Waals surface area contributed by atoms with E-state index >= 15 is 0 Å². The van der Waals surface area contributed by atoms with E-state index in [2.05, 4.69) is 10.6 Å². The first-order valence-corrected chi connectivity index (χ1v) is 11.9. The first-order chi connectivity index (χ1) is 16.5. The molecule has 182 valence electrons. The zero-order valence-corrected chi connectivity index (χ0v) is 20.1. The number of piperidine rings is 1. The van der Waals surface area contributed by atoms with Crippen molar-refractivity contribution in [3.05, 3.63) is 71.3 Å². The third-order valence-electron chi connectivity index (χ3n) is 6.40. The molecule has 0 aliphatic carbocycles. The van der Waals surface area contributed by atoms with E-state index in [9.17, 15) is 14.4 Å². The summed E-state index contributed by atoms with van der Waals surface area (Å²) in [6.45, 7) is 3.82. The Morgan fingerprint density at radius 2 is 1.71 bits per heavy atom. The molecule has 0 aromatic heterocycles. The molecule has 0 radical (unpaired) electrons. The quantitative estimate of drug-likeness (QED) is 0.528. The first kappa shape index (κ1) is 25.4. The van der Waals surface area contributed by atoms with Crippen LogP contribution >= 0.6 is 0 Å². The average molecular weight is 466 g/mol. The number of carbonyl (C=O) groups excluding carboxylic acids is 3. The minimum atomic E-state index is -0.662. The summed E-state index contributed by atoms with van der Waals surface area (Å²) in [5, 5.41) is 5.83. The maximum atomic E-state index is 13.0. The van der Waals surface area contributed by atoms with Gasteiger partial charge in [0.2, 0.25) is 11.8 Å². The van der Waals surface area contributed by atoms with Gasteiger partial charge in [-0.2, -0.15) is 0 Å². The molecule has 0 spiro atoms. The van der Waals surface area contributed by atoms with Crippen molar-refractivity contribution in [2.75, 3.05) is 33.4 Å². The average Bonchev–Trinajstić information content (AvgIpc) is 2.87. The molecule has 2 aromatic rings. The Balaban J connectivity index is 1.60. The predicted molar refractivity (Wildman–Crippen MR) is 131 cm³/mol. The second-order valence-corrected chi connectivity index (χ2v) is 8.75. The van der Waals surface area contributed by atoms with Crippen LogP contribution in [0.25, 0.3) is 0 Å². The number of benzene rings is 2. The third kappa shape index (κ3) is 7.15. The number of amides is 3. The van der Waals surface area contributed by atoms with E-state index in [1.807, 2.05) is 60.4 Å². The van der Waals surface area contributed by atoms with Gasteiger partial charge in [0.15, 0.2) is 0 Å². The van der Waals surface area contributed by atoms with Crippen LogP contribution in [0.4, 0.5) is 0 Å². The van der Waals surface area contributed by atoms with Crippen molar-refractivity contribution in [1.82, 2.24) is 15.5 Å². The lowest BCUT2D eigenvalue weighted by molar-refractivity contribution is -0.133. The van der Waals surface area contributed by atoms with Crippen molar-refractivity contribution >= 4 is 17.7 Å². The molecule has 2 N–H and O–H groups in total. The highest BCUT2D eigenvalue weighted by Crippen LogP contribution is 2.23. The number of rotatable bonds is 10. The van der Waals surface area contributed by atoms with Crippen LogP contribution in [0, 0.1) is 12.8 Å². The van der Waals surface area contributed by atoms with Crippen LogP contribution in [-0.2, 0) is 20.7 Å². The van der Waals surface area contributed by atoms with Crippen LogP contribution in [0.15, 0.2) is 54.6 Å². The maximum Gasteiger partial charge on any atom is 0.252 e. The second kappa shape index (κ2) is 12.9. The monoisotopic (exact) mass is 465 g/mol. The van der Waals surface area contributed by atoms with Gasteiger partial charge in [-0.25, -0.2) is 0 Å². The van der Waals surface area contributed by atoms with Crippen LogP contribution < -0.4 is 10.6 Å². The Morgan fingerprint density at radius 1 is 1.03 bits per heavy atom. The Kier molecular flexibility index (Phi) is 9.64. The highest BCUT2D eigenvalue weighted by Gasteiger charge is 2.34. The molecule has 1 saturated heterocycles. The van der Waals surface area contributed by atoms with Gasteiger partial charge >= 0.3 is 0 Å². The Morgan fingerprint density at radius 3 is 2.38 bits per heavy atom. The van der Waals surface area contributed by atoms with Gasteiger partial charge in [0.1, 0.15) is 6.04 Å². The molecular formula is C27H35N3O4. The van der Waals surface area contributed by atoms with E-state index in [4.69, 9.17) is 4.74 Å². The predicted octanol–water partition coefficient (Wildman–Crippen LogP) is 2.73. The fraction of sp³-hybridized carbons (Fsp3) is 0.444. The number of nitrogens with one attached hydrogen (secondary N) is 2. The summed E-state index contributed by atoms with van der Waals surface area (Å²) < 4.78 is 5.03. The van der Waals surface area contributed by atoms with Gasteiger partial charge < -0.3 is 20.3 Å². The van der Waals surface area contributed by atoms with E-state index in [1.54, 1.807) is 13.2 Å². The minimum Gasteiger partial charge on any atom is -0.383 e. The second-order valence-electron chi connectivity index (χ2n) is 8.75. The number of ether oxygens (including phenoxy) is 1. The van der Waals surface area contributed by atoms with Gasteiger partial charge in [0.25, 0.3) is 5.91 Å². The maximum absolute atomic E-state index is 13.0. The zero-order chi connectivity index (χ0) is 24.3. The van der Waals surface area contributed by atoms with Crippen LogP contribution in [0.2, 0.25) is 0 Å². The van der Waals surface area contributed by atoms with E-state index in [0.29, 0.717) is 51.1 Å². The summed E-state index contributed by atoms with van der Waals surface area (Å²) in [4.78, 5) is 40.5. The summed E-state index contributed by atoms with van der Waals surface area (Å²) in [7, 11) is 1.58. The van der Waals surface area contributed by atoms with Crippen molar-refractivity contribution < 1.29 is 19.1 Å². The molecule has 1 aliphatic heterocycles. The van der Waals surface area contributed by atoms with E-state index in [-0.39, 0.29) is 23.6 Å². The normalized spacial score (nSPS) is 14.9. The molecule has 7 nitrogen and oxygen atoms in total. The lowest BCUT2D eigenvalue weighted by Crippen LogP contribution is -2.54. The summed E-state index contributed by atoms with van der Waals surface area (Å²) >= 11 is 0. The van der Waals surface area contributed by atoms with Crippen LogP contribution in [0.5, 0.6) is 0 Å². The van der Waals surface area contributed by atoms with Crippen molar-refractivity contribution in [1.29, 1.82) is 0 Å². The molecule has 1 aliphatic rings. The number of aryl methyl sites for hydroxylation is 2. The Labute approximate surface area is 201 Å². The fourth-order valence-corrected chi connectivity index (χ4v) is 4.37. The van der Waals surface area contributed by atoms with Gasteiger partial charge in [0.05, 0.1) is 6.61 Å². The fourth-order valence-electron chi connectivity index (χ4n) is 4.37. The van der Waals surface area contributed by atoms with Crippen molar-refractivity contribution in [3.8, 4) is 0 Å². The summed E-state index contributed by atoms with van der Waals surface area (Å²) in [6, 6.07) is 16.7. The molecule has 3 rings (SSSR count). The summed E-state index contributed by atoms with van der Waals surface area (Å²) in [5.74, 6) is -0.389. The molecule has 34 heavy (non-hydrogen) atoms. The van der Waals surface area contributed by atoms with Gasteiger partial charge in [-0.1, -0.05) is 48.5 Å². The SMILES string of the molecule is COCCNC(=O)C(NC(=O)c1ccccc1C)C1CCN(C(=O)CCc2ccccc2)CC1. The standard InChI is InChI=1S/C27H35N3O4/c1-20-8-6-7-11-23(20)26(32)29-25(27(33)28-16-19-34-2)22-14-17-30(18-15-22)24(31)13-12-21-9-4-3-5-10-21/h3-11,22,25H,12-19H2,1-2H3,(H,28,33)(H,29,32). The molecular weight excluding hydrogens is 430 g/mol. The smallest absolute Gasteiger partial charge is 0.252 e. The third-order valence-corrected chi connectivity index (χ3v) is 6.40. The molecule has 7 heteroatoms. The number of likely N-dealkylation sites (tertiary alicyclic amines) is 1. The number of carbonyl (C=O) groups is 3. The van der Waals surface area contributed by atoms with Gasteiger partial charge in [0, 0.05) is 38.7 Å².